The van der Waals surface area contributed by atoms with E-state index in [0.29, 0.717) is 25.7 Å². The lowest BCUT2D eigenvalue weighted by Crippen LogP contribution is -2.57. The highest BCUT2D eigenvalue weighted by Gasteiger charge is 2.42. The SMILES string of the molecule is NC1(C(=O)N2CCCN3CCCC3C2)CCOC1. The number of nitrogens with zero attached hydrogens (tertiary/aromatic N) is 2. The Balaban J connectivity index is 1.69. The predicted molar refractivity (Wildman–Crippen MR) is 68.1 cm³/mol. The lowest BCUT2D eigenvalue weighted by atomic mass is 9.98. The minimum absolute atomic E-state index is 0.105. The van der Waals surface area contributed by atoms with Gasteiger partial charge in [-0.3, -0.25) is 9.69 Å². The molecule has 0 aromatic carbocycles. The van der Waals surface area contributed by atoms with Crippen molar-refractivity contribution in [3.8, 4) is 0 Å². The molecule has 2 unspecified atom stereocenters. The summed E-state index contributed by atoms with van der Waals surface area (Å²) in [6.45, 7) is 5.04. The zero-order chi connectivity index (χ0) is 12.6. The molecule has 5 heteroatoms. The van der Waals surface area contributed by atoms with Crippen LogP contribution in [0.2, 0.25) is 0 Å². The monoisotopic (exact) mass is 253 g/mol. The summed E-state index contributed by atoms with van der Waals surface area (Å²) < 4.78 is 5.31. The molecule has 0 radical (unpaired) electrons. The minimum Gasteiger partial charge on any atom is -0.379 e. The molecule has 3 aliphatic heterocycles. The zero-order valence-corrected chi connectivity index (χ0v) is 10.9. The molecule has 0 aromatic rings. The van der Waals surface area contributed by atoms with Gasteiger partial charge in [0, 0.05) is 32.3 Å². The third-order valence-electron chi connectivity index (χ3n) is 4.57. The number of hydrogen-bond donors (Lipinski definition) is 1. The van der Waals surface area contributed by atoms with E-state index in [1.54, 1.807) is 0 Å². The Labute approximate surface area is 108 Å². The van der Waals surface area contributed by atoms with E-state index in [0.717, 1.165) is 26.1 Å². The first kappa shape index (κ1) is 12.4. The van der Waals surface area contributed by atoms with E-state index < -0.39 is 5.54 Å². The fourth-order valence-corrected chi connectivity index (χ4v) is 3.46. The van der Waals surface area contributed by atoms with E-state index in [4.69, 9.17) is 10.5 Å². The van der Waals surface area contributed by atoms with Crippen molar-refractivity contribution in [3.05, 3.63) is 0 Å². The van der Waals surface area contributed by atoms with Crippen LogP contribution in [-0.2, 0) is 9.53 Å². The molecule has 1 amide bonds. The van der Waals surface area contributed by atoms with Crippen LogP contribution in [0.1, 0.15) is 25.7 Å². The Morgan fingerprint density at radius 3 is 2.89 bits per heavy atom. The molecule has 0 saturated carbocycles. The van der Waals surface area contributed by atoms with Gasteiger partial charge < -0.3 is 15.4 Å². The van der Waals surface area contributed by atoms with Crippen molar-refractivity contribution in [2.24, 2.45) is 5.73 Å². The Morgan fingerprint density at radius 2 is 2.11 bits per heavy atom. The van der Waals surface area contributed by atoms with Crippen LogP contribution >= 0.6 is 0 Å². The second-order valence-electron chi connectivity index (χ2n) is 5.90. The lowest BCUT2D eigenvalue weighted by Gasteiger charge is -2.31. The molecule has 3 aliphatic rings. The van der Waals surface area contributed by atoms with Crippen LogP contribution < -0.4 is 5.73 Å². The first-order valence-corrected chi connectivity index (χ1v) is 7.09. The maximum atomic E-state index is 12.6. The molecule has 3 saturated heterocycles. The lowest BCUT2D eigenvalue weighted by molar-refractivity contribution is -0.137. The molecule has 0 aliphatic carbocycles. The Bertz CT molecular complexity index is 328. The van der Waals surface area contributed by atoms with Gasteiger partial charge in [-0.15, -0.1) is 0 Å². The van der Waals surface area contributed by atoms with Crippen molar-refractivity contribution < 1.29 is 9.53 Å². The van der Waals surface area contributed by atoms with Crippen LogP contribution in [0.25, 0.3) is 0 Å². The number of rotatable bonds is 1. The summed E-state index contributed by atoms with van der Waals surface area (Å²) in [5.74, 6) is 0.105. The van der Waals surface area contributed by atoms with Gasteiger partial charge in [0.25, 0.3) is 0 Å². The van der Waals surface area contributed by atoms with Crippen molar-refractivity contribution in [3.63, 3.8) is 0 Å². The number of ether oxygens (including phenoxy) is 1. The summed E-state index contributed by atoms with van der Waals surface area (Å²) in [4.78, 5) is 17.1. The van der Waals surface area contributed by atoms with Gasteiger partial charge in [0.2, 0.25) is 5.91 Å². The van der Waals surface area contributed by atoms with Crippen molar-refractivity contribution in [1.29, 1.82) is 0 Å². The van der Waals surface area contributed by atoms with Gasteiger partial charge in [0.1, 0.15) is 5.54 Å². The van der Waals surface area contributed by atoms with Crippen LogP contribution in [0.5, 0.6) is 0 Å². The molecule has 18 heavy (non-hydrogen) atoms. The van der Waals surface area contributed by atoms with E-state index in [1.807, 2.05) is 4.90 Å². The summed E-state index contributed by atoms with van der Waals surface area (Å²) >= 11 is 0. The maximum absolute atomic E-state index is 12.6. The number of hydrogen-bond acceptors (Lipinski definition) is 4. The van der Waals surface area contributed by atoms with Crippen molar-refractivity contribution in [2.75, 3.05) is 39.4 Å². The first-order valence-electron chi connectivity index (χ1n) is 7.09. The summed E-state index contributed by atoms with van der Waals surface area (Å²) in [5.41, 5.74) is 5.44. The number of carbonyl (C=O) groups is 1. The second kappa shape index (κ2) is 4.79. The largest absolute Gasteiger partial charge is 0.379 e. The topological polar surface area (TPSA) is 58.8 Å². The first-order chi connectivity index (χ1) is 8.69. The Hall–Kier alpha value is -0.650. The maximum Gasteiger partial charge on any atom is 0.245 e. The van der Waals surface area contributed by atoms with Gasteiger partial charge in [-0.05, 0) is 32.2 Å². The van der Waals surface area contributed by atoms with Gasteiger partial charge in [-0.25, -0.2) is 0 Å². The van der Waals surface area contributed by atoms with E-state index in [9.17, 15) is 4.79 Å². The van der Waals surface area contributed by atoms with Crippen LogP contribution in [0.3, 0.4) is 0 Å². The average molecular weight is 253 g/mol. The Morgan fingerprint density at radius 1 is 1.28 bits per heavy atom. The fourth-order valence-electron chi connectivity index (χ4n) is 3.46. The number of nitrogens with two attached hydrogens (primary N) is 1. The smallest absolute Gasteiger partial charge is 0.245 e. The van der Waals surface area contributed by atoms with Crippen molar-refractivity contribution in [1.82, 2.24) is 9.80 Å². The van der Waals surface area contributed by atoms with Crippen LogP contribution in [0.4, 0.5) is 0 Å². The molecule has 0 spiro atoms. The van der Waals surface area contributed by atoms with Gasteiger partial charge in [0.15, 0.2) is 0 Å². The van der Waals surface area contributed by atoms with Crippen LogP contribution in [-0.4, -0.2) is 66.7 Å². The molecular formula is C13H23N3O2. The van der Waals surface area contributed by atoms with Gasteiger partial charge in [-0.1, -0.05) is 0 Å². The average Bonchev–Trinajstić information content (AvgIpc) is 2.94. The van der Waals surface area contributed by atoms with Gasteiger partial charge in [0.05, 0.1) is 6.61 Å². The van der Waals surface area contributed by atoms with E-state index in [-0.39, 0.29) is 5.91 Å². The number of fused-ring (bicyclic) bond motifs is 1. The number of carbonyl (C=O) groups excluding carboxylic acids is 1. The third-order valence-corrected chi connectivity index (χ3v) is 4.57. The van der Waals surface area contributed by atoms with Crippen LogP contribution in [0, 0.1) is 0 Å². The number of amides is 1. The summed E-state index contributed by atoms with van der Waals surface area (Å²) in [7, 11) is 0. The van der Waals surface area contributed by atoms with Crippen molar-refractivity contribution in [2.45, 2.75) is 37.3 Å². The highest BCUT2D eigenvalue weighted by Crippen LogP contribution is 2.24. The normalized spacial score (nSPS) is 37.6. The third kappa shape index (κ3) is 2.15. The predicted octanol–water partition coefficient (Wildman–Crippen LogP) is -0.199. The fraction of sp³-hybridized carbons (Fsp3) is 0.923. The van der Waals surface area contributed by atoms with Crippen LogP contribution in [0.15, 0.2) is 0 Å². The minimum atomic E-state index is -0.756. The van der Waals surface area contributed by atoms with Gasteiger partial charge in [-0.2, -0.15) is 0 Å². The summed E-state index contributed by atoms with van der Waals surface area (Å²) in [5, 5.41) is 0. The molecule has 102 valence electrons. The standard InChI is InChI=1S/C13H23N3O2/c14-13(4-8-18-10-13)12(17)16-7-2-6-15-5-1-3-11(15)9-16/h11H,1-10,14H2. The highest BCUT2D eigenvalue weighted by atomic mass is 16.5. The molecule has 3 fully saturated rings. The zero-order valence-electron chi connectivity index (χ0n) is 10.9. The molecular weight excluding hydrogens is 230 g/mol. The molecule has 5 nitrogen and oxygen atoms in total. The molecule has 3 heterocycles. The Kier molecular flexibility index (Phi) is 3.30. The van der Waals surface area contributed by atoms with Gasteiger partial charge >= 0.3 is 0 Å². The molecule has 0 aromatic heterocycles. The molecule has 3 rings (SSSR count). The quantitative estimate of drug-likeness (QED) is 0.703. The molecule has 0 bridgehead atoms. The van der Waals surface area contributed by atoms with E-state index in [2.05, 4.69) is 4.90 Å². The summed E-state index contributed by atoms with van der Waals surface area (Å²) in [6, 6.07) is 0.558. The molecule has 2 atom stereocenters. The van der Waals surface area contributed by atoms with E-state index in [1.165, 1.54) is 19.4 Å². The van der Waals surface area contributed by atoms with Crippen molar-refractivity contribution >= 4 is 5.91 Å². The van der Waals surface area contributed by atoms with E-state index >= 15 is 0 Å². The second-order valence-corrected chi connectivity index (χ2v) is 5.90. The molecule has 2 N–H and O–H groups in total. The summed E-state index contributed by atoms with van der Waals surface area (Å²) in [6.07, 6.45) is 4.22. The highest BCUT2D eigenvalue weighted by molar-refractivity contribution is 5.86.